The Bertz CT molecular complexity index is 1230. The molecule has 32 heavy (non-hydrogen) atoms. The molecule has 0 aliphatic heterocycles. The van der Waals surface area contributed by atoms with E-state index in [1.54, 1.807) is 13.0 Å². The normalized spacial score (nSPS) is 12.6. The van der Waals surface area contributed by atoms with Gasteiger partial charge in [-0.15, -0.1) is 0 Å². The van der Waals surface area contributed by atoms with Crippen LogP contribution < -0.4 is 9.46 Å². The molecule has 1 N–H and O–H groups in total. The average molecular weight is 452 g/mol. The highest BCUT2D eigenvalue weighted by Crippen LogP contribution is 2.31. The smallest absolute Gasteiger partial charge is 0.253 e. The van der Waals surface area contributed by atoms with Crippen molar-refractivity contribution in [1.29, 1.82) is 0 Å². The number of benzene rings is 2. The Balaban J connectivity index is 1.90. The summed E-state index contributed by atoms with van der Waals surface area (Å²) in [5.41, 5.74) is 2.04. The van der Waals surface area contributed by atoms with Crippen molar-refractivity contribution in [2.45, 2.75) is 20.3 Å². The van der Waals surface area contributed by atoms with Crippen LogP contribution in [0.3, 0.4) is 0 Å². The van der Waals surface area contributed by atoms with Crippen molar-refractivity contribution in [3.8, 4) is 22.9 Å². The zero-order chi connectivity index (χ0) is 23.0. The first-order valence-corrected chi connectivity index (χ1v) is 11.7. The molecule has 166 valence electrons. The largest absolute Gasteiger partial charge is 0.457 e. The molecule has 2 aromatic carbocycles. The van der Waals surface area contributed by atoms with E-state index in [0.717, 1.165) is 0 Å². The Morgan fingerprint density at radius 3 is 2.53 bits per heavy atom. The summed E-state index contributed by atoms with van der Waals surface area (Å²) in [6.45, 7) is 3.68. The Morgan fingerprint density at radius 1 is 1.09 bits per heavy atom. The Labute approximate surface area is 188 Å². The van der Waals surface area contributed by atoms with Gasteiger partial charge in [-0.1, -0.05) is 42.8 Å². The molecule has 0 saturated heterocycles. The lowest BCUT2D eigenvalue weighted by molar-refractivity contribution is 0.484. The van der Waals surface area contributed by atoms with Crippen LogP contribution in [0, 0.1) is 0 Å². The molecule has 0 aliphatic carbocycles. The highest BCUT2D eigenvalue weighted by molar-refractivity contribution is 7.89. The van der Waals surface area contributed by atoms with Gasteiger partial charge in [0.1, 0.15) is 17.8 Å². The van der Waals surface area contributed by atoms with E-state index in [1.807, 2.05) is 61.5 Å². The number of ether oxygens (including phenoxy) is 1. The van der Waals surface area contributed by atoms with Crippen LogP contribution in [-0.2, 0) is 10.0 Å². The van der Waals surface area contributed by atoms with Gasteiger partial charge < -0.3 is 4.74 Å². The van der Waals surface area contributed by atoms with E-state index in [0.29, 0.717) is 40.6 Å². The number of hydrogen-bond donors (Lipinski definition) is 1. The summed E-state index contributed by atoms with van der Waals surface area (Å²) in [5.74, 6) is 1.89. The number of rotatable bonds is 9. The number of sulfonamides is 1. The predicted molar refractivity (Wildman–Crippen MR) is 126 cm³/mol. The number of aliphatic imine (C=N–C) groups is 1. The maximum Gasteiger partial charge on any atom is 0.253 e. The van der Waals surface area contributed by atoms with Gasteiger partial charge in [-0.05, 0) is 50.7 Å². The maximum atomic E-state index is 11.8. The molecule has 0 atom stereocenters. The van der Waals surface area contributed by atoms with Gasteiger partial charge in [0, 0.05) is 5.71 Å². The molecule has 0 aliphatic rings. The Morgan fingerprint density at radius 2 is 1.81 bits per heavy atom. The molecule has 1 heterocycles. The second kappa shape index (κ2) is 10.7. The summed E-state index contributed by atoms with van der Waals surface area (Å²) in [5, 5.41) is 0. The summed E-state index contributed by atoms with van der Waals surface area (Å²) < 4.78 is 31.8. The number of aromatic nitrogens is 3. The third-order valence-corrected chi connectivity index (χ3v) is 5.86. The third-order valence-electron chi connectivity index (χ3n) is 4.41. The quantitative estimate of drug-likeness (QED) is 0.486. The summed E-state index contributed by atoms with van der Waals surface area (Å²) in [6, 6.07) is 16.9. The van der Waals surface area contributed by atoms with Gasteiger partial charge in [0.2, 0.25) is 10.0 Å². The van der Waals surface area contributed by atoms with Crippen LogP contribution in [0.15, 0.2) is 77.6 Å². The molecule has 3 aromatic rings. The van der Waals surface area contributed by atoms with Crippen molar-refractivity contribution in [2.75, 3.05) is 12.8 Å². The van der Waals surface area contributed by atoms with Crippen LogP contribution in [0.5, 0.6) is 11.5 Å². The zero-order valence-electron chi connectivity index (χ0n) is 18.2. The molecule has 3 rings (SSSR count). The standard InChI is InChI=1S/C23H25N5O3S/c1-4-18(14-17(2)15-32(29,30)24-3)27-23-26-16-25-22(28-23)20-12-8-9-13-21(20)31-19-10-6-5-7-11-19/h5-14,16,24H,4,15H2,1-3H3/b17-14+,27-18?. The molecule has 0 fully saturated rings. The van der Waals surface area contributed by atoms with E-state index in [1.165, 1.54) is 13.4 Å². The minimum atomic E-state index is -3.35. The minimum absolute atomic E-state index is 0.102. The van der Waals surface area contributed by atoms with E-state index < -0.39 is 10.0 Å². The van der Waals surface area contributed by atoms with Gasteiger partial charge in [-0.25, -0.2) is 23.1 Å². The summed E-state index contributed by atoms with van der Waals surface area (Å²) in [6.07, 6.45) is 3.73. The van der Waals surface area contributed by atoms with Crippen molar-refractivity contribution in [1.82, 2.24) is 19.7 Å². The van der Waals surface area contributed by atoms with Crippen molar-refractivity contribution in [2.24, 2.45) is 4.99 Å². The fourth-order valence-electron chi connectivity index (χ4n) is 2.87. The fraction of sp³-hybridized carbons (Fsp3) is 0.217. The molecule has 9 heteroatoms. The number of hydrogen-bond acceptors (Lipinski definition) is 7. The SMILES string of the molecule is CCC(/C=C(\C)CS(=O)(=O)NC)=Nc1ncnc(-c2ccccc2Oc2ccccc2)n1. The van der Waals surface area contributed by atoms with Crippen LogP contribution in [0.1, 0.15) is 20.3 Å². The molecule has 0 unspecified atom stereocenters. The van der Waals surface area contributed by atoms with Gasteiger partial charge in [-0.3, -0.25) is 0 Å². The average Bonchev–Trinajstić information content (AvgIpc) is 2.79. The molecule has 8 nitrogen and oxygen atoms in total. The van der Waals surface area contributed by atoms with E-state index >= 15 is 0 Å². The molecule has 0 radical (unpaired) electrons. The lowest BCUT2D eigenvalue weighted by Gasteiger charge is -2.10. The highest BCUT2D eigenvalue weighted by Gasteiger charge is 2.12. The number of allylic oxidation sites excluding steroid dienone is 1. The van der Waals surface area contributed by atoms with Crippen LogP contribution in [0.25, 0.3) is 11.4 Å². The second-order valence-electron chi connectivity index (χ2n) is 6.93. The predicted octanol–water partition coefficient (Wildman–Crippen LogP) is 4.31. The first-order chi connectivity index (χ1) is 15.4. The van der Waals surface area contributed by atoms with E-state index in [9.17, 15) is 8.42 Å². The van der Waals surface area contributed by atoms with Crippen LogP contribution in [0.4, 0.5) is 5.95 Å². The van der Waals surface area contributed by atoms with Crippen LogP contribution in [-0.4, -0.2) is 41.9 Å². The third kappa shape index (κ3) is 6.53. The number of para-hydroxylation sites is 2. The second-order valence-corrected chi connectivity index (χ2v) is 8.86. The Hall–Kier alpha value is -3.43. The van der Waals surface area contributed by atoms with E-state index in [4.69, 9.17) is 4.74 Å². The molecular weight excluding hydrogens is 426 g/mol. The maximum absolute atomic E-state index is 11.8. The first kappa shape index (κ1) is 23.2. The molecule has 0 bridgehead atoms. The highest BCUT2D eigenvalue weighted by atomic mass is 32.2. The number of nitrogens with zero attached hydrogens (tertiary/aromatic N) is 4. The summed E-state index contributed by atoms with van der Waals surface area (Å²) >= 11 is 0. The van der Waals surface area contributed by atoms with Crippen molar-refractivity contribution in [3.05, 3.63) is 72.6 Å². The van der Waals surface area contributed by atoms with Crippen LogP contribution in [0.2, 0.25) is 0 Å². The summed E-state index contributed by atoms with van der Waals surface area (Å²) in [7, 11) is -1.96. The van der Waals surface area contributed by atoms with Crippen molar-refractivity contribution < 1.29 is 13.2 Å². The topological polar surface area (TPSA) is 106 Å². The van der Waals surface area contributed by atoms with E-state index in [2.05, 4.69) is 24.7 Å². The van der Waals surface area contributed by atoms with Gasteiger partial charge in [0.05, 0.1) is 11.3 Å². The number of nitrogens with one attached hydrogen (secondary N) is 1. The molecular formula is C23H25N5O3S. The summed E-state index contributed by atoms with van der Waals surface area (Å²) in [4.78, 5) is 17.4. The lowest BCUT2D eigenvalue weighted by atomic mass is 10.2. The molecule has 1 aromatic heterocycles. The molecule has 0 amide bonds. The lowest BCUT2D eigenvalue weighted by Crippen LogP contribution is -2.22. The molecule has 0 saturated carbocycles. The van der Waals surface area contributed by atoms with Gasteiger partial charge >= 0.3 is 0 Å². The van der Waals surface area contributed by atoms with E-state index in [-0.39, 0.29) is 11.7 Å². The van der Waals surface area contributed by atoms with Crippen molar-refractivity contribution >= 4 is 21.7 Å². The first-order valence-electron chi connectivity index (χ1n) is 10.1. The van der Waals surface area contributed by atoms with Crippen LogP contribution >= 0.6 is 0 Å². The Kier molecular flexibility index (Phi) is 7.80. The van der Waals surface area contributed by atoms with Gasteiger partial charge in [0.25, 0.3) is 5.95 Å². The minimum Gasteiger partial charge on any atom is -0.457 e. The fourth-order valence-corrected chi connectivity index (χ4v) is 3.69. The van der Waals surface area contributed by atoms with Crippen molar-refractivity contribution in [3.63, 3.8) is 0 Å². The monoisotopic (exact) mass is 451 g/mol. The van der Waals surface area contributed by atoms with Gasteiger partial charge in [0.15, 0.2) is 5.82 Å². The molecule has 0 spiro atoms. The van der Waals surface area contributed by atoms with Gasteiger partial charge in [-0.2, -0.15) is 9.97 Å². The zero-order valence-corrected chi connectivity index (χ0v) is 19.0.